The second-order valence-electron chi connectivity index (χ2n) is 3.46. The van der Waals surface area contributed by atoms with Gasteiger partial charge in [0.1, 0.15) is 5.75 Å². The number of hydrogen-bond acceptors (Lipinski definition) is 3. The van der Waals surface area contributed by atoms with Gasteiger partial charge in [-0.1, -0.05) is 12.1 Å². The maximum atomic E-state index is 9.69. The summed E-state index contributed by atoms with van der Waals surface area (Å²) in [5.41, 5.74) is 8.69. The van der Waals surface area contributed by atoms with Gasteiger partial charge in [0.05, 0.1) is 11.3 Å². The highest BCUT2D eigenvalue weighted by atomic mass is 16.3. The third-order valence-corrected chi connectivity index (χ3v) is 2.24. The van der Waals surface area contributed by atoms with Gasteiger partial charge in [0.25, 0.3) is 0 Å². The molecule has 0 aliphatic rings. The second-order valence-corrected chi connectivity index (χ2v) is 3.46. The third-order valence-electron chi connectivity index (χ3n) is 2.24. The number of phenolic OH excluding ortho intramolecular Hbond substituents is 1. The van der Waals surface area contributed by atoms with Crippen molar-refractivity contribution in [2.75, 3.05) is 5.73 Å². The van der Waals surface area contributed by atoms with E-state index in [0.29, 0.717) is 16.9 Å². The molecule has 0 spiro atoms. The van der Waals surface area contributed by atoms with Crippen molar-refractivity contribution in [2.24, 2.45) is 0 Å². The van der Waals surface area contributed by atoms with Crippen LogP contribution in [0.25, 0.3) is 11.3 Å². The first-order chi connectivity index (χ1) is 7.18. The fraction of sp³-hybridized carbons (Fsp3) is 0.0833. The minimum Gasteiger partial charge on any atom is -0.507 e. The van der Waals surface area contributed by atoms with E-state index in [9.17, 15) is 5.11 Å². The highest BCUT2D eigenvalue weighted by Crippen LogP contribution is 2.32. The number of nitrogens with two attached hydrogens (primary N) is 1. The molecule has 15 heavy (non-hydrogen) atoms. The van der Waals surface area contributed by atoms with Gasteiger partial charge in [-0.25, -0.2) is 0 Å². The van der Waals surface area contributed by atoms with Crippen LogP contribution in [-0.4, -0.2) is 10.1 Å². The quantitative estimate of drug-likeness (QED) is 0.694. The lowest BCUT2D eigenvalue weighted by molar-refractivity contribution is 0.477. The fourth-order valence-electron chi connectivity index (χ4n) is 1.45. The first kappa shape index (κ1) is 9.52. The van der Waals surface area contributed by atoms with E-state index in [-0.39, 0.29) is 5.75 Å². The van der Waals surface area contributed by atoms with Crippen molar-refractivity contribution in [1.29, 1.82) is 0 Å². The maximum absolute atomic E-state index is 9.69. The summed E-state index contributed by atoms with van der Waals surface area (Å²) in [6, 6.07) is 8.85. The standard InChI is InChI=1S/C12H12N2O/c1-8-5-6-10(14-7-8)12-9(13)3-2-4-11(12)15/h2-7,15H,13H2,1H3. The molecule has 2 rings (SSSR count). The molecule has 0 atom stereocenters. The summed E-state index contributed by atoms with van der Waals surface area (Å²) in [4.78, 5) is 4.23. The van der Waals surface area contributed by atoms with E-state index in [2.05, 4.69) is 4.98 Å². The molecule has 0 saturated heterocycles. The fourth-order valence-corrected chi connectivity index (χ4v) is 1.45. The van der Waals surface area contributed by atoms with Gasteiger partial charge in [0.15, 0.2) is 0 Å². The number of nitrogen functional groups attached to an aromatic ring is 1. The topological polar surface area (TPSA) is 59.1 Å². The molecule has 3 nitrogen and oxygen atoms in total. The summed E-state index contributed by atoms with van der Waals surface area (Å²) in [6.45, 7) is 1.96. The molecule has 2 aromatic rings. The van der Waals surface area contributed by atoms with E-state index < -0.39 is 0 Å². The van der Waals surface area contributed by atoms with Crippen molar-refractivity contribution in [3.8, 4) is 17.0 Å². The van der Waals surface area contributed by atoms with E-state index in [1.165, 1.54) is 0 Å². The number of rotatable bonds is 1. The van der Waals surface area contributed by atoms with Gasteiger partial charge >= 0.3 is 0 Å². The average molecular weight is 200 g/mol. The van der Waals surface area contributed by atoms with E-state index >= 15 is 0 Å². The smallest absolute Gasteiger partial charge is 0.127 e. The maximum Gasteiger partial charge on any atom is 0.127 e. The van der Waals surface area contributed by atoms with Gasteiger partial charge in [-0.3, -0.25) is 4.98 Å². The molecule has 1 heterocycles. The molecule has 3 heteroatoms. The molecule has 0 aliphatic carbocycles. The van der Waals surface area contributed by atoms with Gasteiger partial charge in [0, 0.05) is 11.9 Å². The Labute approximate surface area is 88.2 Å². The van der Waals surface area contributed by atoms with Gasteiger partial charge in [0.2, 0.25) is 0 Å². The van der Waals surface area contributed by atoms with Crippen LogP contribution in [-0.2, 0) is 0 Å². The lowest BCUT2D eigenvalue weighted by Gasteiger charge is -2.07. The van der Waals surface area contributed by atoms with Crippen LogP contribution >= 0.6 is 0 Å². The molecule has 0 amide bonds. The predicted octanol–water partition coefficient (Wildman–Crippen LogP) is 2.34. The lowest BCUT2D eigenvalue weighted by Crippen LogP contribution is -1.92. The number of aromatic nitrogens is 1. The molecule has 0 saturated carbocycles. The minimum absolute atomic E-state index is 0.159. The van der Waals surface area contributed by atoms with Crippen LogP contribution in [0.4, 0.5) is 5.69 Å². The van der Waals surface area contributed by atoms with Crippen molar-refractivity contribution in [3.63, 3.8) is 0 Å². The summed E-state index contributed by atoms with van der Waals surface area (Å²) in [6.07, 6.45) is 1.75. The highest BCUT2D eigenvalue weighted by molar-refractivity contribution is 5.79. The predicted molar refractivity (Wildman–Crippen MR) is 60.5 cm³/mol. The molecule has 0 bridgehead atoms. The SMILES string of the molecule is Cc1ccc(-c2c(N)cccc2O)nc1. The van der Waals surface area contributed by atoms with Crippen molar-refractivity contribution < 1.29 is 5.11 Å². The van der Waals surface area contributed by atoms with Crippen LogP contribution < -0.4 is 5.73 Å². The number of hydrogen-bond donors (Lipinski definition) is 2. The zero-order valence-corrected chi connectivity index (χ0v) is 8.44. The molecular formula is C12H12N2O. The Hall–Kier alpha value is -2.03. The average Bonchev–Trinajstić information content (AvgIpc) is 2.20. The van der Waals surface area contributed by atoms with Crippen LogP contribution in [0.15, 0.2) is 36.5 Å². The van der Waals surface area contributed by atoms with E-state index in [1.807, 2.05) is 19.1 Å². The molecule has 76 valence electrons. The highest BCUT2D eigenvalue weighted by Gasteiger charge is 2.08. The van der Waals surface area contributed by atoms with Gasteiger partial charge in [-0.2, -0.15) is 0 Å². The van der Waals surface area contributed by atoms with Gasteiger partial charge in [-0.05, 0) is 30.7 Å². The molecule has 1 aromatic heterocycles. The van der Waals surface area contributed by atoms with E-state index in [0.717, 1.165) is 5.56 Å². The summed E-state index contributed by atoms with van der Waals surface area (Å²) in [5.74, 6) is 0.159. The Morgan fingerprint density at radius 3 is 2.60 bits per heavy atom. The number of phenols is 1. The van der Waals surface area contributed by atoms with E-state index in [1.54, 1.807) is 24.4 Å². The first-order valence-electron chi connectivity index (χ1n) is 4.69. The molecule has 0 radical (unpaired) electrons. The zero-order valence-electron chi connectivity index (χ0n) is 8.44. The van der Waals surface area contributed by atoms with Gasteiger partial charge < -0.3 is 10.8 Å². The number of aryl methyl sites for hydroxylation is 1. The Balaban J connectivity index is 2.58. The van der Waals surface area contributed by atoms with Crippen molar-refractivity contribution in [1.82, 2.24) is 4.98 Å². The molecule has 0 fully saturated rings. The summed E-state index contributed by atoms with van der Waals surface area (Å²) in [5, 5.41) is 9.69. The number of nitrogens with zero attached hydrogens (tertiary/aromatic N) is 1. The number of aromatic hydroxyl groups is 1. The van der Waals surface area contributed by atoms with Crippen molar-refractivity contribution in [3.05, 3.63) is 42.1 Å². The normalized spacial score (nSPS) is 10.2. The Kier molecular flexibility index (Phi) is 2.29. The lowest BCUT2D eigenvalue weighted by atomic mass is 10.1. The van der Waals surface area contributed by atoms with Crippen molar-refractivity contribution in [2.45, 2.75) is 6.92 Å². The molecule has 3 N–H and O–H groups in total. The number of anilines is 1. The summed E-state index contributed by atoms with van der Waals surface area (Å²) < 4.78 is 0. The molecule has 0 aliphatic heterocycles. The largest absolute Gasteiger partial charge is 0.507 e. The minimum atomic E-state index is 0.159. The van der Waals surface area contributed by atoms with E-state index in [4.69, 9.17) is 5.73 Å². The van der Waals surface area contributed by atoms with Crippen LogP contribution in [0.3, 0.4) is 0 Å². The third kappa shape index (κ3) is 1.76. The second kappa shape index (κ2) is 3.61. The molecule has 1 aromatic carbocycles. The van der Waals surface area contributed by atoms with Crippen LogP contribution in [0.1, 0.15) is 5.56 Å². The van der Waals surface area contributed by atoms with Crippen molar-refractivity contribution >= 4 is 5.69 Å². The van der Waals surface area contributed by atoms with Crippen LogP contribution in [0.5, 0.6) is 5.75 Å². The Morgan fingerprint density at radius 2 is 2.00 bits per heavy atom. The zero-order chi connectivity index (χ0) is 10.8. The summed E-state index contributed by atoms with van der Waals surface area (Å²) in [7, 11) is 0. The molecule has 0 unspecified atom stereocenters. The first-order valence-corrected chi connectivity index (χ1v) is 4.69. The van der Waals surface area contributed by atoms with Crippen LogP contribution in [0, 0.1) is 6.92 Å². The summed E-state index contributed by atoms with van der Waals surface area (Å²) >= 11 is 0. The van der Waals surface area contributed by atoms with Gasteiger partial charge in [-0.15, -0.1) is 0 Å². The Morgan fingerprint density at radius 1 is 1.20 bits per heavy atom. The molecular weight excluding hydrogens is 188 g/mol. The monoisotopic (exact) mass is 200 g/mol. The Bertz CT molecular complexity index is 457. The number of benzene rings is 1. The van der Waals surface area contributed by atoms with Crippen LogP contribution in [0.2, 0.25) is 0 Å². The number of pyridine rings is 1.